The minimum absolute atomic E-state index is 0.148. The van der Waals surface area contributed by atoms with Crippen molar-refractivity contribution in [2.24, 2.45) is 0 Å². The third-order valence-electron chi connectivity index (χ3n) is 5.59. The molecule has 2 heterocycles. The van der Waals surface area contributed by atoms with E-state index in [4.69, 9.17) is 11.6 Å². The lowest BCUT2D eigenvalue weighted by Crippen LogP contribution is -2.48. The number of sulfonamides is 1. The minimum Gasteiger partial charge on any atom is -0.369 e. The van der Waals surface area contributed by atoms with Crippen LogP contribution < -0.4 is 15.1 Å². The number of piperazine rings is 1. The van der Waals surface area contributed by atoms with Crippen molar-refractivity contribution >= 4 is 39.0 Å². The molecule has 2 aliphatic heterocycles. The highest BCUT2D eigenvalue weighted by atomic mass is 35.5. The quantitative estimate of drug-likeness (QED) is 0.780. The SMILES string of the molecule is CCNC(=O)N1CCc2cc(S(=O)(=O)N3CCN(c4ccc(Cl)cc4)CC3)ccc21. The van der Waals surface area contributed by atoms with Crippen molar-refractivity contribution < 1.29 is 13.2 Å². The van der Waals surface area contributed by atoms with Gasteiger partial charge in [-0.3, -0.25) is 4.90 Å². The second kappa shape index (κ2) is 8.45. The van der Waals surface area contributed by atoms with Gasteiger partial charge in [0, 0.05) is 55.7 Å². The van der Waals surface area contributed by atoms with E-state index in [1.54, 1.807) is 23.1 Å². The third-order valence-corrected chi connectivity index (χ3v) is 7.73. The fourth-order valence-corrected chi connectivity index (χ4v) is 5.58. The van der Waals surface area contributed by atoms with Crippen LogP contribution in [0, 0.1) is 0 Å². The average Bonchev–Trinajstić information content (AvgIpc) is 3.18. The van der Waals surface area contributed by atoms with Crippen LogP contribution in [0.25, 0.3) is 0 Å². The van der Waals surface area contributed by atoms with Crippen LogP contribution in [0.5, 0.6) is 0 Å². The summed E-state index contributed by atoms with van der Waals surface area (Å²) in [5.74, 6) is 0. The number of hydrogen-bond acceptors (Lipinski definition) is 4. The molecule has 0 aliphatic carbocycles. The van der Waals surface area contributed by atoms with Gasteiger partial charge in [0.15, 0.2) is 0 Å². The molecule has 7 nitrogen and oxygen atoms in total. The summed E-state index contributed by atoms with van der Waals surface area (Å²) in [5.41, 5.74) is 2.72. The van der Waals surface area contributed by atoms with Crippen molar-refractivity contribution in [1.82, 2.24) is 9.62 Å². The Hall–Kier alpha value is -2.29. The number of hydrogen-bond donors (Lipinski definition) is 1. The monoisotopic (exact) mass is 448 g/mol. The summed E-state index contributed by atoms with van der Waals surface area (Å²) < 4.78 is 27.9. The van der Waals surface area contributed by atoms with Crippen LogP contribution in [0.4, 0.5) is 16.2 Å². The first-order valence-corrected chi connectivity index (χ1v) is 11.9. The van der Waals surface area contributed by atoms with Gasteiger partial charge < -0.3 is 10.2 Å². The number of urea groups is 1. The number of rotatable bonds is 4. The molecule has 0 saturated carbocycles. The first kappa shape index (κ1) is 21.0. The third kappa shape index (κ3) is 3.99. The average molecular weight is 449 g/mol. The van der Waals surface area contributed by atoms with E-state index in [1.807, 2.05) is 31.2 Å². The van der Waals surface area contributed by atoms with Crippen LogP contribution in [0.2, 0.25) is 5.02 Å². The Morgan fingerprint density at radius 3 is 2.40 bits per heavy atom. The van der Waals surface area contributed by atoms with Crippen molar-refractivity contribution in [1.29, 1.82) is 0 Å². The van der Waals surface area contributed by atoms with E-state index in [-0.39, 0.29) is 6.03 Å². The molecule has 0 aromatic heterocycles. The predicted molar refractivity (Wildman–Crippen MR) is 119 cm³/mol. The smallest absolute Gasteiger partial charge is 0.321 e. The lowest BCUT2D eigenvalue weighted by molar-refractivity contribution is 0.247. The highest BCUT2D eigenvalue weighted by Gasteiger charge is 2.31. The standard InChI is InChI=1S/C21H25ClN4O3S/c1-2-23-21(27)26-10-9-16-15-19(7-8-20(16)26)30(28,29)25-13-11-24(12-14-25)18-5-3-17(22)4-6-18/h3-8,15H,2,9-14H2,1H3,(H,23,27). The zero-order chi connectivity index (χ0) is 21.3. The van der Waals surface area contributed by atoms with Crippen molar-refractivity contribution in [3.8, 4) is 0 Å². The number of fused-ring (bicyclic) bond motifs is 1. The lowest BCUT2D eigenvalue weighted by Gasteiger charge is -2.35. The molecule has 1 fully saturated rings. The Labute approximate surface area is 182 Å². The van der Waals surface area contributed by atoms with Crippen molar-refractivity contribution in [3.63, 3.8) is 0 Å². The fraction of sp³-hybridized carbons (Fsp3) is 0.381. The molecule has 0 bridgehead atoms. The number of amides is 2. The van der Waals surface area contributed by atoms with Gasteiger partial charge in [0.05, 0.1) is 4.90 Å². The number of nitrogens with zero attached hydrogens (tertiary/aromatic N) is 3. The summed E-state index contributed by atoms with van der Waals surface area (Å²) in [6.45, 7) is 5.08. The Bertz CT molecular complexity index is 1030. The normalized spacial score (nSPS) is 17.1. The van der Waals surface area contributed by atoms with Crippen LogP contribution in [0.3, 0.4) is 0 Å². The summed E-state index contributed by atoms with van der Waals surface area (Å²) in [5, 5.41) is 3.48. The van der Waals surface area contributed by atoms with E-state index < -0.39 is 10.0 Å². The van der Waals surface area contributed by atoms with Gasteiger partial charge in [-0.1, -0.05) is 11.6 Å². The molecular weight excluding hydrogens is 424 g/mol. The maximum Gasteiger partial charge on any atom is 0.321 e. The molecule has 0 atom stereocenters. The van der Waals surface area contributed by atoms with Gasteiger partial charge in [0.2, 0.25) is 10.0 Å². The van der Waals surface area contributed by atoms with Crippen LogP contribution in [-0.4, -0.2) is 58.0 Å². The first-order valence-electron chi connectivity index (χ1n) is 10.1. The molecule has 1 N–H and O–H groups in total. The molecule has 2 amide bonds. The topological polar surface area (TPSA) is 73.0 Å². The maximum absolute atomic E-state index is 13.2. The van der Waals surface area contributed by atoms with Gasteiger partial charge in [0.25, 0.3) is 0 Å². The van der Waals surface area contributed by atoms with Crippen LogP contribution in [0.15, 0.2) is 47.4 Å². The van der Waals surface area contributed by atoms with Crippen LogP contribution in [-0.2, 0) is 16.4 Å². The summed E-state index contributed by atoms with van der Waals surface area (Å²) in [4.78, 5) is 16.3. The van der Waals surface area contributed by atoms with Crippen molar-refractivity contribution in [3.05, 3.63) is 53.1 Å². The fourth-order valence-electron chi connectivity index (χ4n) is 3.98. The Morgan fingerprint density at radius 1 is 1.03 bits per heavy atom. The minimum atomic E-state index is -3.58. The largest absolute Gasteiger partial charge is 0.369 e. The zero-order valence-electron chi connectivity index (χ0n) is 16.8. The Balaban J connectivity index is 1.47. The van der Waals surface area contributed by atoms with E-state index >= 15 is 0 Å². The highest BCUT2D eigenvalue weighted by Crippen LogP contribution is 2.31. The van der Waals surface area contributed by atoms with Crippen LogP contribution in [0.1, 0.15) is 12.5 Å². The van der Waals surface area contributed by atoms with E-state index in [9.17, 15) is 13.2 Å². The molecule has 2 aliphatic rings. The second-order valence-corrected chi connectivity index (χ2v) is 9.77. The molecule has 160 valence electrons. The summed E-state index contributed by atoms with van der Waals surface area (Å²) in [7, 11) is -3.58. The van der Waals surface area contributed by atoms with E-state index in [0.717, 1.165) is 16.9 Å². The van der Waals surface area contributed by atoms with Crippen molar-refractivity contribution in [2.75, 3.05) is 49.1 Å². The number of anilines is 2. The van der Waals surface area contributed by atoms with Gasteiger partial charge in [-0.2, -0.15) is 4.31 Å². The van der Waals surface area contributed by atoms with Gasteiger partial charge >= 0.3 is 6.03 Å². The molecular formula is C21H25ClN4O3S. The molecule has 4 rings (SSSR count). The van der Waals surface area contributed by atoms with Crippen molar-refractivity contribution in [2.45, 2.75) is 18.2 Å². The molecule has 0 spiro atoms. The summed E-state index contributed by atoms with van der Waals surface area (Å²) >= 11 is 5.95. The lowest BCUT2D eigenvalue weighted by atomic mass is 10.2. The van der Waals surface area contributed by atoms with Crippen LogP contribution >= 0.6 is 11.6 Å². The number of carbonyl (C=O) groups is 1. The number of halogens is 1. The first-order chi connectivity index (χ1) is 14.4. The number of carbonyl (C=O) groups excluding carboxylic acids is 1. The molecule has 30 heavy (non-hydrogen) atoms. The van der Waals surface area contributed by atoms with Gasteiger partial charge in [0.1, 0.15) is 0 Å². The number of benzene rings is 2. The summed E-state index contributed by atoms with van der Waals surface area (Å²) in [6, 6.07) is 12.5. The molecule has 0 unspecified atom stereocenters. The second-order valence-electron chi connectivity index (χ2n) is 7.40. The maximum atomic E-state index is 13.2. The number of nitrogens with one attached hydrogen (secondary N) is 1. The van der Waals surface area contributed by atoms with E-state index in [0.29, 0.717) is 55.6 Å². The highest BCUT2D eigenvalue weighted by molar-refractivity contribution is 7.89. The van der Waals surface area contributed by atoms with Gasteiger partial charge in [-0.25, -0.2) is 13.2 Å². The van der Waals surface area contributed by atoms with E-state index in [2.05, 4.69) is 10.2 Å². The van der Waals surface area contributed by atoms with Gasteiger partial charge in [-0.15, -0.1) is 0 Å². The summed E-state index contributed by atoms with van der Waals surface area (Å²) in [6.07, 6.45) is 0.653. The van der Waals surface area contributed by atoms with E-state index in [1.165, 1.54) is 4.31 Å². The molecule has 1 saturated heterocycles. The Kier molecular flexibility index (Phi) is 5.90. The van der Waals surface area contributed by atoms with Gasteiger partial charge in [-0.05, 0) is 61.4 Å². The molecule has 0 radical (unpaired) electrons. The Morgan fingerprint density at radius 2 is 1.73 bits per heavy atom. The molecule has 2 aromatic rings. The predicted octanol–water partition coefficient (Wildman–Crippen LogP) is 2.94. The molecule has 9 heteroatoms. The zero-order valence-corrected chi connectivity index (χ0v) is 18.4. The molecule has 2 aromatic carbocycles.